The number of aromatic nitrogens is 1. The summed E-state index contributed by atoms with van der Waals surface area (Å²) in [5, 5.41) is 3.32. The van der Waals surface area contributed by atoms with Gasteiger partial charge in [0.05, 0.1) is 23.5 Å². The number of hydrogen-bond acceptors (Lipinski definition) is 5. The predicted octanol–water partition coefficient (Wildman–Crippen LogP) is 4.16. The molecule has 32 heavy (non-hydrogen) atoms. The first-order chi connectivity index (χ1) is 15.5. The Morgan fingerprint density at radius 1 is 1.31 bits per heavy atom. The lowest BCUT2D eigenvalue weighted by Crippen LogP contribution is -2.42. The van der Waals surface area contributed by atoms with Crippen molar-refractivity contribution in [1.29, 1.82) is 0 Å². The second-order valence-corrected chi connectivity index (χ2v) is 8.96. The number of anilines is 3. The number of nitrogens with one attached hydrogen (secondary N) is 1. The van der Waals surface area contributed by atoms with Gasteiger partial charge in [-0.2, -0.15) is 0 Å². The highest BCUT2D eigenvalue weighted by Gasteiger charge is 2.31. The van der Waals surface area contributed by atoms with Crippen molar-refractivity contribution in [3.8, 4) is 0 Å². The van der Waals surface area contributed by atoms with E-state index in [1.807, 2.05) is 7.05 Å². The number of likely N-dealkylation sites (N-methyl/N-ethyl adjacent to an activating group) is 1. The molecule has 170 valence electrons. The highest BCUT2D eigenvalue weighted by Crippen LogP contribution is 2.37. The van der Waals surface area contributed by atoms with Crippen LogP contribution in [0.1, 0.15) is 43.0 Å². The van der Waals surface area contributed by atoms with E-state index in [-0.39, 0.29) is 18.4 Å². The van der Waals surface area contributed by atoms with Crippen molar-refractivity contribution in [3.63, 3.8) is 0 Å². The number of pyridine rings is 1. The molecule has 1 fully saturated rings. The molecule has 0 bridgehead atoms. The Morgan fingerprint density at radius 2 is 2.16 bits per heavy atom. The third kappa shape index (κ3) is 4.80. The molecule has 2 amide bonds. The van der Waals surface area contributed by atoms with Crippen LogP contribution < -0.4 is 10.2 Å². The van der Waals surface area contributed by atoms with E-state index in [4.69, 9.17) is 11.6 Å². The van der Waals surface area contributed by atoms with Gasteiger partial charge in [-0.3, -0.25) is 19.4 Å². The monoisotopic (exact) mass is 455 g/mol. The number of likely N-dealkylation sites (tertiary alicyclic amines) is 1. The minimum Gasteiger partial charge on any atom is -0.319 e. The van der Waals surface area contributed by atoms with Gasteiger partial charge in [0, 0.05) is 17.3 Å². The Labute approximate surface area is 194 Å². The first-order valence-electron chi connectivity index (χ1n) is 11.3. The lowest BCUT2D eigenvalue weighted by molar-refractivity contribution is -0.118. The van der Waals surface area contributed by atoms with Crippen LogP contribution in [0.3, 0.4) is 0 Å². The summed E-state index contributed by atoms with van der Waals surface area (Å²) in [7, 11) is 1.97. The number of carbonyl (C=O) groups excluding carboxylic acids is 2. The van der Waals surface area contributed by atoms with Crippen LogP contribution in [0.25, 0.3) is 0 Å². The van der Waals surface area contributed by atoms with Crippen LogP contribution in [0, 0.1) is 0 Å². The fourth-order valence-electron chi connectivity index (χ4n) is 4.66. The van der Waals surface area contributed by atoms with Crippen LogP contribution in [0.15, 0.2) is 36.5 Å². The number of piperidine rings is 1. The van der Waals surface area contributed by atoms with Crippen molar-refractivity contribution in [2.45, 2.75) is 38.6 Å². The van der Waals surface area contributed by atoms with E-state index in [9.17, 15) is 9.59 Å². The molecule has 1 unspecified atom stereocenters. The Hall–Kier alpha value is -2.48. The van der Waals surface area contributed by atoms with Crippen LogP contribution in [-0.4, -0.2) is 65.9 Å². The molecule has 8 heteroatoms. The number of rotatable bonds is 6. The molecule has 0 saturated carbocycles. The Morgan fingerprint density at radius 3 is 2.97 bits per heavy atom. The Kier molecular flexibility index (Phi) is 7.08. The topological polar surface area (TPSA) is 68.8 Å². The number of amides is 2. The molecule has 2 aromatic rings. The van der Waals surface area contributed by atoms with Gasteiger partial charge in [-0.15, -0.1) is 0 Å². The Bertz CT molecular complexity index is 998. The third-order valence-electron chi connectivity index (χ3n) is 6.35. The number of benzene rings is 1. The largest absolute Gasteiger partial charge is 0.319 e. The van der Waals surface area contributed by atoms with E-state index < -0.39 is 0 Å². The van der Waals surface area contributed by atoms with Crippen LogP contribution in [0.4, 0.5) is 17.2 Å². The van der Waals surface area contributed by atoms with Crippen molar-refractivity contribution in [3.05, 3.63) is 47.1 Å². The van der Waals surface area contributed by atoms with Crippen molar-refractivity contribution in [2.75, 3.05) is 43.4 Å². The van der Waals surface area contributed by atoms with Crippen molar-refractivity contribution in [2.24, 2.45) is 0 Å². The average molecular weight is 456 g/mol. The summed E-state index contributed by atoms with van der Waals surface area (Å²) in [5.41, 5.74) is 1.35. The maximum atomic E-state index is 13.5. The first-order valence-corrected chi connectivity index (χ1v) is 11.7. The smallest absolute Gasteiger partial charge is 0.257 e. The van der Waals surface area contributed by atoms with Gasteiger partial charge in [-0.1, -0.05) is 24.9 Å². The quantitative estimate of drug-likeness (QED) is 0.708. The van der Waals surface area contributed by atoms with E-state index >= 15 is 0 Å². The van der Waals surface area contributed by atoms with E-state index in [0.717, 1.165) is 19.5 Å². The molecule has 4 rings (SSSR count). The normalized spacial score (nSPS) is 18.7. The molecule has 1 atom stereocenters. The zero-order valence-corrected chi connectivity index (χ0v) is 19.4. The predicted molar refractivity (Wildman–Crippen MR) is 128 cm³/mol. The van der Waals surface area contributed by atoms with Gasteiger partial charge < -0.3 is 10.2 Å². The molecule has 3 heterocycles. The number of fused-ring (bicyclic) bond motifs is 2. The lowest BCUT2D eigenvalue weighted by Gasteiger charge is -2.36. The molecular weight excluding hydrogens is 426 g/mol. The van der Waals surface area contributed by atoms with Crippen molar-refractivity contribution >= 4 is 40.6 Å². The summed E-state index contributed by atoms with van der Waals surface area (Å²) >= 11 is 6.24. The molecule has 2 aliphatic heterocycles. The molecular formula is C24H30ClN5O2. The summed E-state index contributed by atoms with van der Waals surface area (Å²) in [6, 6.07) is 9.01. The summed E-state index contributed by atoms with van der Waals surface area (Å²) in [6.45, 7) is 5.50. The first kappa shape index (κ1) is 22.7. The summed E-state index contributed by atoms with van der Waals surface area (Å²) < 4.78 is 0. The average Bonchev–Trinajstić information content (AvgIpc) is 2.91. The van der Waals surface area contributed by atoms with E-state index in [0.29, 0.717) is 33.8 Å². The maximum absolute atomic E-state index is 13.5. The van der Waals surface area contributed by atoms with Crippen LogP contribution >= 0.6 is 11.6 Å². The fraction of sp³-hybridized carbons (Fsp3) is 0.458. The maximum Gasteiger partial charge on any atom is 0.257 e. The molecule has 1 aromatic heterocycles. The molecule has 0 aliphatic carbocycles. The van der Waals surface area contributed by atoms with Crippen molar-refractivity contribution < 1.29 is 9.59 Å². The van der Waals surface area contributed by atoms with Gasteiger partial charge in [0.2, 0.25) is 5.91 Å². The third-order valence-corrected chi connectivity index (χ3v) is 6.58. The van der Waals surface area contributed by atoms with Gasteiger partial charge in [0.15, 0.2) is 5.82 Å². The molecule has 2 aliphatic rings. The van der Waals surface area contributed by atoms with Gasteiger partial charge >= 0.3 is 0 Å². The number of nitrogens with zero attached hydrogens (tertiary/aromatic N) is 4. The minimum absolute atomic E-state index is 0.150. The summed E-state index contributed by atoms with van der Waals surface area (Å²) in [6.07, 6.45) is 6.42. The van der Waals surface area contributed by atoms with Gasteiger partial charge in [0.25, 0.3) is 5.91 Å². The Balaban J connectivity index is 1.54. The number of halogens is 1. The van der Waals surface area contributed by atoms with Gasteiger partial charge in [-0.05, 0) is 76.3 Å². The van der Waals surface area contributed by atoms with Crippen LogP contribution in [-0.2, 0) is 4.79 Å². The fourth-order valence-corrected chi connectivity index (χ4v) is 4.83. The van der Waals surface area contributed by atoms with Crippen LogP contribution in [0.5, 0.6) is 0 Å². The highest BCUT2D eigenvalue weighted by atomic mass is 35.5. The number of carbonyl (C=O) groups is 2. The zero-order valence-electron chi connectivity index (χ0n) is 18.7. The standard InChI is InChI=1S/C24H30ClN5O2/c1-3-29-13-5-4-7-18(29)11-14-28(2)16-22(31)30-21-15-17(25)9-10-19(21)24(32)27-20-8-6-12-26-23(20)30/h6,8-10,12,15,18H,3-5,7,11,13-14,16H2,1-2H3,(H,27,32). The highest BCUT2D eigenvalue weighted by molar-refractivity contribution is 6.31. The number of hydrogen-bond donors (Lipinski definition) is 1. The van der Waals surface area contributed by atoms with Crippen LogP contribution in [0.2, 0.25) is 5.02 Å². The minimum atomic E-state index is -0.286. The molecule has 1 aromatic carbocycles. The van der Waals surface area contributed by atoms with E-state index in [1.54, 1.807) is 36.5 Å². The van der Waals surface area contributed by atoms with Gasteiger partial charge in [0.1, 0.15) is 0 Å². The van der Waals surface area contributed by atoms with Crippen molar-refractivity contribution in [1.82, 2.24) is 14.8 Å². The summed E-state index contributed by atoms with van der Waals surface area (Å²) in [4.78, 5) is 36.8. The lowest BCUT2D eigenvalue weighted by atomic mass is 9.99. The molecule has 1 saturated heterocycles. The van der Waals surface area contributed by atoms with E-state index in [1.165, 1.54) is 30.7 Å². The molecule has 1 N–H and O–H groups in total. The second kappa shape index (κ2) is 9.98. The second-order valence-electron chi connectivity index (χ2n) is 8.52. The zero-order chi connectivity index (χ0) is 22.7. The molecule has 7 nitrogen and oxygen atoms in total. The molecule has 0 spiro atoms. The summed E-state index contributed by atoms with van der Waals surface area (Å²) in [5.74, 6) is -0.0281. The molecule has 0 radical (unpaired) electrons. The van der Waals surface area contributed by atoms with Gasteiger partial charge in [-0.25, -0.2) is 4.98 Å². The van der Waals surface area contributed by atoms with E-state index in [2.05, 4.69) is 27.0 Å². The SMILES string of the molecule is CCN1CCCCC1CCN(C)CC(=O)N1c2cc(Cl)ccc2C(=O)Nc2cccnc21.